The lowest BCUT2D eigenvalue weighted by atomic mass is 9.77. The summed E-state index contributed by atoms with van der Waals surface area (Å²) in [6, 6.07) is 0.794. The SMILES string of the molecule is COCCC1(C(=O)O)CCCN(c2nccc(C(F)(F)F)n2)C1. The summed E-state index contributed by atoms with van der Waals surface area (Å²) in [4.78, 5) is 20.6. The maximum Gasteiger partial charge on any atom is 0.433 e. The lowest BCUT2D eigenvalue weighted by Gasteiger charge is -2.39. The molecule has 23 heavy (non-hydrogen) atoms. The van der Waals surface area contributed by atoms with Crippen molar-refractivity contribution in [2.75, 3.05) is 31.7 Å². The van der Waals surface area contributed by atoms with Gasteiger partial charge in [0, 0.05) is 33.0 Å². The number of rotatable bonds is 5. The predicted molar refractivity (Wildman–Crippen MR) is 75.0 cm³/mol. The topological polar surface area (TPSA) is 75.6 Å². The number of aromatic nitrogens is 2. The minimum absolute atomic E-state index is 0.0625. The number of piperidine rings is 1. The fourth-order valence-corrected chi connectivity index (χ4v) is 2.74. The van der Waals surface area contributed by atoms with Crippen molar-refractivity contribution in [3.63, 3.8) is 0 Å². The minimum atomic E-state index is -4.56. The maximum absolute atomic E-state index is 12.8. The highest BCUT2D eigenvalue weighted by Gasteiger charge is 2.43. The number of carbonyl (C=O) groups is 1. The second kappa shape index (κ2) is 6.69. The largest absolute Gasteiger partial charge is 0.481 e. The summed E-state index contributed by atoms with van der Waals surface area (Å²) in [5.74, 6) is -1.08. The van der Waals surface area contributed by atoms with E-state index in [9.17, 15) is 23.1 Å². The van der Waals surface area contributed by atoms with Crippen molar-refractivity contribution >= 4 is 11.9 Å². The number of hydrogen-bond donors (Lipinski definition) is 1. The number of anilines is 1. The van der Waals surface area contributed by atoms with Gasteiger partial charge in [0.15, 0.2) is 0 Å². The summed E-state index contributed by atoms with van der Waals surface area (Å²) >= 11 is 0. The zero-order valence-corrected chi connectivity index (χ0v) is 12.6. The predicted octanol–water partition coefficient (Wildman–Crippen LogP) is 2.20. The van der Waals surface area contributed by atoms with Gasteiger partial charge in [-0.1, -0.05) is 0 Å². The van der Waals surface area contributed by atoms with Gasteiger partial charge < -0.3 is 14.7 Å². The van der Waals surface area contributed by atoms with E-state index in [2.05, 4.69) is 9.97 Å². The second-order valence-electron chi connectivity index (χ2n) is 5.59. The summed E-state index contributed by atoms with van der Waals surface area (Å²) in [6.07, 6.45) is -2.25. The molecule has 1 aromatic heterocycles. The van der Waals surface area contributed by atoms with Gasteiger partial charge in [-0.25, -0.2) is 9.97 Å². The Morgan fingerprint density at radius 1 is 1.52 bits per heavy atom. The zero-order valence-electron chi connectivity index (χ0n) is 12.6. The molecule has 0 amide bonds. The van der Waals surface area contributed by atoms with Crippen LogP contribution >= 0.6 is 0 Å². The first-order chi connectivity index (χ1) is 10.8. The molecule has 1 aliphatic heterocycles. The molecule has 9 heteroatoms. The first-order valence-electron chi connectivity index (χ1n) is 7.16. The third-order valence-electron chi connectivity index (χ3n) is 4.03. The van der Waals surface area contributed by atoms with Gasteiger partial charge in [0.25, 0.3) is 0 Å². The van der Waals surface area contributed by atoms with Gasteiger partial charge in [0.1, 0.15) is 5.69 Å². The smallest absolute Gasteiger partial charge is 0.433 e. The summed E-state index contributed by atoms with van der Waals surface area (Å²) in [5, 5.41) is 9.56. The molecular formula is C14H18F3N3O3. The number of halogens is 3. The van der Waals surface area contributed by atoms with Gasteiger partial charge in [-0.3, -0.25) is 4.79 Å². The molecule has 2 rings (SSSR count). The number of carboxylic acid groups (broad SMARTS) is 1. The van der Waals surface area contributed by atoms with Gasteiger partial charge >= 0.3 is 12.1 Å². The maximum atomic E-state index is 12.8. The van der Waals surface area contributed by atoms with Crippen molar-refractivity contribution in [1.82, 2.24) is 9.97 Å². The summed E-state index contributed by atoms with van der Waals surface area (Å²) in [6.45, 7) is 0.750. The van der Waals surface area contributed by atoms with Crippen LogP contribution < -0.4 is 4.90 Å². The number of carboxylic acids is 1. The highest BCUT2D eigenvalue weighted by molar-refractivity contribution is 5.76. The Hall–Kier alpha value is -1.90. The number of hydrogen-bond acceptors (Lipinski definition) is 5. The van der Waals surface area contributed by atoms with E-state index in [-0.39, 0.29) is 25.5 Å². The van der Waals surface area contributed by atoms with Crippen LogP contribution in [0.1, 0.15) is 25.0 Å². The van der Waals surface area contributed by atoms with Gasteiger partial charge in [-0.15, -0.1) is 0 Å². The van der Waals surface area contributed by atoms with E-state index in [1.165, 1.54) is 12.0 Å². The summed E-state index contributed by atoms with van der Waals surface area (Å²) in [5.41, 5.74) is -2.10. The van der Waals surface area contributed by atoms with E-state index < -0.39 is 23.3 Å². The number of ether oxygens (including phenoxy) is 1. The first kappa shape index (κ1) is 17.5. The van der Waals surface area contributed by atoms with Crippen molar-refractivity contribution in [3.05, 3.63) is 18.0 Å². The van der Waals surface area contributed by atoms with Crippen molar-refractivity contribution in [2.45, 2.75) is 25.4 Å². The molecule has 1 saturated heterocycles. The molecule has 128 valence electrons. The molecule has 2 heterocycles. The fraction of sp³-hybridized carbons (Fsp3) is 0.643. The van der Waals surface area contributed by atoms with Gasteiger partial charge in [0.05, 0.1) is 5.41 Å². The number of aliphatic carboxylic acids is 1. The van der Waals surface area contributed by atoms with Gasteiger partial charge in [0.2, 0.25) is 5.95 Å². The van der Waals surface area contributed by atoms with E-state index in [4.69, 9.17) is 4.74 Å². The normalized spacial score (nSPS) is 22.2. The Bertz CT molecular complexity index is 568. The molecule has 0 radical (unpaired) electrons. The first-order valence-corrected chi connectivity index (χ1v) is 7.16. The van der Waals surface area contributed by atoms with Crippen LogP contribution in [-0.2, 0) is 15.7 Å². The van der Waals surface area contributed by atoms with Crippen molar-refractivity contribution < 1.29 is 27.8 Å². The lowest BCUT2D eigenvalue weighted by Crippen LogP contribution is -2.49. The Labute approximate surface area is 131 Å². The molecule has 0 aliphatic carbocycles. The minimum Gasteiger partial charge on any atom is -0.481 e. The lowest BCUT2D eigenvalue weighted by molar-refractivity contribution is -0.151. The van der Waals surface area contributed by atoms with Crippen LogP contribution in [0.25, 0.3) is 0 Å². The van der Waals surface area contributed by atoms with E-state index in [0.29, 0.717) is 19.4 Å². The third-order valence-corrected chi connectivity index (χ3v) is 4.03. The molecule has 1 aliphatic rings. The van der Waals surface area contributed by atoms with Gasteiger partial charge in [-0.2, -0.15) is 13.2 Å². The molecule has 6 nitrogen and oxygen atoms in total. The van der Waals surface area contributed by atoms with E-state index in [1.807, 2.05) is 0 Å². The average Bonchev–Trinajstić information content (AvgIpc) is 2.52. The number of methoxy groups -OCH3 is 1. The van der Waals surface area contributed by atoms with Crippen molar-refractivity contribution in [3.8, 4) is 0 Å². The molecule has 1 N–H and O–H groups in total. The molecule has 0 aromatic carbocycles. The van der Waals surface area contributed by atoms with E-state index in [0.717, 1.165) is 12.3 Å². The Morgan fingerprint density at radius 3 is 2.87 bits per heavy atom. The zero-order chi connectivity index (χ0) is 17.1. The molecule has 1 aromatic rings. The van der Waals surface area contributed by atoms with E-state index >= 15 is 0 Å². The summed E-state index contributed by atoms with van der Waals surface area (Å²) < 4.78 is 43.3. The monoisotopic (exact) mass is 333 g/mol. The van der Waals surface area contributed by atoms with Crippen LogP contribution in [0.15, 0.2) is 12.3 Å². The van der Waals surface area contributed by atoms with Gasteiger partial charge in [-0.05, 0) is 25.3 Å². The quantitative estimate of drug-likeness (QED) is 0.890. The second-order valence-corrected chi connectivity index (χ2v) is 5.59. The fourth-order valence-electron chi connectivity index (χ4n) is 2.74. The Balaban J connectivity index is 2.25. The van der Waals surface area contributed by atoms with Crippen LogP contribution in [0.4, 0.5) is 19.1 Å². The van der Waals surface area contributed by atoms with Crippen molar-refractivity contribution in [2.24, 2.45) is 5.41 Å². The molecule has 1 unspecified atom stereocenters. The standard InChI is InChI=1S/C14H18F3N3O3/c1-23-8-5-13(11(21)22)4-2-7-20(9-13)12-18-6-3-10(19-12)14(15,16)17/h3,6H,2,4-5,7-9H2,1H3,(H,21,22). The summed E-state index contributed by atoms with van der Waals surface area (Å²) in [7, 11) is 1.48. The van der Waals surface area contributed by atoms with Crippen LogP contribution in [0.5, 0.6) is 0 Å². The number of nitrogens with zero attached hydrogens (tertiary/aromatic N) is 3. The van der Waals surface area contributed by atoms with Crippen molar-refractivity contribution in [1.29, 1.82) is 0 Å². The average molecular weight is 333 g/mol. The molecular weight excluding hydrogens is 315 g/mol. The van der Waals surface area contributed by atoms with Crippen LogP contribution in [0.3, 0.4) is 0 Å². The highest BCUT2D eigenvalue weighted by atomic mass is 19.4. The molecule has 0 saturated carbocycles. The van der Waals surface area contributed by atoms with Crippen LogP contribution in [0, 0.1) is 5.41 Å². The Morgan fingerprint density at radius 2 is 2.26 bits per heavy atom. The van der Waals surface area contributed by atoms with Crippen LogP contribution in [-0.4, -0.2) is 47.8 Å². The third kappa shape index (κ3) is 3.90. The molecule has 0 bridgehead atoms. The molecule has 1 atom stereocenters. The van der Waals surface area contributed by atoms with E-state index in [1.54, 1.807) is 0 Å². The highest BCUT2D eigenvalue weighted by Crippen LogP contribution is 2.36. The molecule has 1 fully saturated rings. The number of alkyl halides is 3. The van der Waals surface area contributed by atoms with Crippen LogP contribution in [0.2, 0.25) is 0 Å². The Kier molecular flexibility index (Phi) is 5.08. The molecule has 0 spiro atoms.